The summed E-state index contributed by atoms with van der Waals surface area (Å²) in [4.78, 5) is 0. The zero-order valence-electron chi connectivity index (χ0n) is 13.0. The second kappa shape index (κ2) is 6.30. The predicted octanol–water partition coefficient (Wildman–Crippen LogP) is 4.45. The molecule has 20 heavy (non-hydrogen) atoms. The molecule has 1 N–H and O–H groups in total. The summed E-state index contributed by atoms with van der Waals surface area (Å²) < 4.78 is 0. The van der Waals surface area contributed by atoms with Crippen LogP contribution in [0.15, 0.2) is 30.3 Å². The molecule has 0 radical (unpaired) electrons. The van der Waals surface area contributed by atoms with E-state index in [1.54, 1.807) is 5.56 Å². The maximum atomic E-state index is 3.60. The van der Waals surface area contributed by atoms with E-state index in [9.17, 15) is 0 Å². The molecule has 2 aliphatic rings. The minimum Gasteiger partial charge on any atom is -0.317 e. The van der Waals surface area contributed by atoms with E-state index in [1.807, 2.05) is 0 Å². The Morgan fingerprint density at radius 3 is 2.60 bits per heavy atom. The summed E-state index contributed by atoms with van der Waals surface area (Å²) in [6.07, 6.45) is 5.78. The van der Waals surface area contributed by atoms with Crippen LogP contribution in [-0.2, 0) is 0 Å². The molecule has 5 atom stereocenters. The minimum atomic E-state index is 0.857. The molecule has 0 aliphatic heterocycles. The molecule has 0 amide bonds. The average Bonchev–Trinajstić information content (AvgIpc) is 3.27. The van der Waals surface area contributed by atoms with E-state index in [0.29, 0.717) is 0 Å². The lowest BCUT2D eigenvalue weighted by atomic mass is 9.71. The third kappa shape index (κ3) is 3.09. The molecule has 2 aliphatic carbocycles. The van der Waals surface area contributed by atoms with Gasteiger partial charge in [-0.2, -0.15) is 0 Å². The fourth-order valence-corrected chi connectivity index (χ4v) is 4.37. The third-order valence-corrected chi connectivity index (χ3v) is 5.58. The zero-order valence-corrected chi connectivity index (χ0v) is 13.0. The van der Waals surface area contributed by atoms with Crippen molar-refractivity contribution in [3.63, 3.8) is 0 Å². The molecule has 110 valence electrons. The number of nitrogens with one attached hydrogen (secondary N) is 1. The summed E-state index contributed by atoms with van der Waals surface area (Å²) in [5.74, 6) is 4.64. The van der Waals surface area contributed by atoms with Gasteiger partial charge in [-0.25, -0.2) is 0 Å². The van der Waals surface area contributed by atoms with Crippen LogP contribution in [0.5, 0.6) is 0 Å². The van der Waals surface area contributed by atoms with Crippen LogP contribution >= 0.6 is 0 Å². The lowest BCUT2D eigenvalue weighted by molar-refractivity contribution is 0.162. The van der Waals surface area contributed by atoms with E-state index < -0.39 is 0 Å². The topological polar surface area (TPSA) is 12.0 Å². The van der Waals surface area contributed by atoms with E-state index in [1.165, 1.54) is 32.2 Å². The van der Waals surface area contributed by atoms with Gasteiger partial charge in [0.25, 0.3) is 0 Å². The van der Waals surface area contributed by atoms with Crippen molar-refractivity contribution in [1.82, 2.24) is 5.32 Å². The Morgan fingerprint density at radius 2 is 1.85 bits per heavy atom. The molecule has 1 aromatic carbocycles. The van der Waals surface area contributed by atoms with Gasteiger partial charge in [-0.15, -0.1) is 0 Å². The molecular formula is C19H29N. The Morgan fingerprint density at radius 1 is 1.05 bits per heavy atom. The molecule has 0 saturated heterocycles. The van der Waals surface area contributed by atoms with Crippen LogP contribution in [-0.4, -0.2) is 13.1 Å². The highest BCUT2D eigenvalue weighted by molar-refractivity contribution is 5.26. The van der Waals surface area contributed by atoms with Crippen LogP contribution in [0.3, 0.4) is 0 Å². The molecule has 1 heteroatoms. The number of benzene rings is 1. The highest BCUT2D eigenvalue weighted by atomic mass is 14.8. The average molecular weight is 271 g/mol. The lowest BCUT2D eigenvalue weighted by Gasteiger charge is -2.35. The van der Waals surface area contributed by atoms with Crippen molar-refractivity contribution in [1.29, 1.82) is 0 Å². The van der Waals surface area contributed by atoms with Crippen molar-refractivity contribution < 1.29 is 0 Å². The first kappa shape index (κ1) is 14.1. The summed E-state index contributed by atoms with van der Waals surface area (Å²) in [5, 5.41) is 3.60. The van der Waals surface area contributed by atoms with Crippen LogP contribution in [0, 0.1) is 23.7 Å². The van der Waals surface area contributed by atoms with Crippen molar-refractivity contribution in [2.24, 2.45) is 23.7 Å². The van der Waals surface area contributed by atoms with Gasteiger partial charge in [0.1, 0.15) is 0 Å². The zero-order chi connectivity index (χ0) is 13.9. The highest BCUT2D eigenvalue weighted by Gasteiger charge is 2.47. The van der Waals surface area contributed by atoms with Crippen LogP contribution in [0.25, 0.3) is 0 Å². The number of hydrogen-bond acceptors (Lipinski definition) is 1. The maximum Gasteiger partial charge on any atom is -0.00179 e. The Labute approximate surface area is 124 Å². The minimum absolute atomic E-state index is 0.857. The quantitative estimate of drug-likeness (QED) is 0.834. The van der Waals surface area contributed by atoms with Gasteiger partial charge in [-0.1, -0.05) is 50.6 Å². The molecule has 3 rings (SSSR count). The summed E-state index contributed by atoms with van der Waals surface area (Å²) in [6.45, 7) is 7.04. The molecular weight excluding hydrogens is 242 g/mol. The van der Waals surface area contributed by atoms with Crippen molar-refractivity contribution in [3.05, 3.63) is 35.9 Å². The van der Waals surface area contributed by atoms with E-state index in [2.05, 4.69) is 49.5 Å². The van der Waals surface area contributed by atoms with Gasteiger partial charge in [0.05, 0.1) is 0 Å². The van der Waals surface area contributed by atoms with Gasteiger partial charge < -0.3 is 5.32 Å². The number of rotatable bonds is 5. The second-order valence-electron chi connectivity index (χ2n) is 7.07. The van der Waals surface area contributed by atoms with Crippen LogP contribution < -0.4 is 5.32 Å². The molecule has 2 fully saturated rings. The normalized spacial score (nSPS) is 36.8. The van der Waals surface area contributed by atoms with E-state index in [-0.39, 0.29) is 0 Å². The monoisotopic (exact) mass is 271 g/mol. The van der Waals surface area contributed by atoms with Gasteiger partial charge in [0, 0.05) is 0 Å². The van der Waals surface area contributed by atoms with Gasteiger partial charge in [-0.05, 0) is 67.5 Å². The summed E-state index contributed by atoms with van der Waals surface area (Å²) in [7, 11) is 0. The largest absolute Gasteiger partial charge is 0.317 e. The van der Waals surface area contributed by atoms with E-state index in [0.717, 1.165) is 36.1 Å². The summed E-state index contributed by atoms with van der Waals surface area (Å²) in [5.41, 5.74) is 1.58. The fraction of sp³-hybridized carbons (Fsp3) is 0.684. The molecule has 1 nitrogen and oxygen atoms in total. The van der Waals surface area contributed by atoms with Crippen molar-refractivity contribution in [2.45, 2.75) is 45.4 Å². The van der Waals surface area contributed by atoms with Crippen LogP contribution in [0.4, 0.5) is 0 Å². The van der Waals surface area contributed by atoms with E-state index in [4.69, 9.17) is 0 Å². The van der Waals surface area contributed by atoms with Crippen molar-refractivity contribution in [2.75, 3.05) is 13.1 Å². The summed E-state index contributed by atoms with van der Waals surface area (Å²) in [6, 6.07) is 11.2. The van der Waals surface area contributed by atoms with Gasteiger partial charge in [-0.3, -0.25) is 0 Å². The maximum absolute atomic E-state index is 3.60. The Balaban J connectivity index is 1.65. The lowest BCUT2D eigenvalue weighted by Crippen LogP contribution is -2.34. The van der Waals surface area contributed by atoms with Crippen molar-refractivity contribution in [3.8, 4) is 0 Å². The molecule has 1 aromatic rings. The standard InChI is InChI=1S/C19H29N/c1-3-20-13-16-10-9-14(2)11-17(16)19-12-18(19)15-7-5-4-6-8-15/h4-8,14,16-20H,3,9-13H2,1-2H3. The summed E-state index contributed by atoms with van der Waals surface area (Å²) >= 11 is 0. The molecule has 0 spiro atoms. The molecule has 0 bridgehead atoms. The van der Waals surface area contributed by atoms with Crippen LogP contribution in [0.2, 0.25) is 0 Å². The van der Waals surface area contributed by atoms with E-state index >= 15 is 0 Å². The molecule has 0 heterocycles. The smallest absolute Gasteiger partial charge is 0.00179 e. The Bertz CT molecular complexity index is 411. The van der Waals surface area contributed by atoms with Gasteiger partial charge in [0.15, 0.2) is 0 Å². The molecule has 5 unspecified atom stereocenters. The van der Waals surface area contributed by atoms with Gasteiger partial charge in [0.2, 0.25) is 0 Å². The highest BCUT2D eigenvalue weighted by Crippen LogP contribution is 2.57. The van der Waals surface area contributed by atoms with Gasteiger partial charge >= 0.3 is 0 Å². The second-order valence-corrected chi connectivity index (χ2v) is 7.07. The molecule has 0 aromatic heterocycles. The molecule has 2 saturated carbocycles. The first-order valence-corrected chi connectivity index (χ1v) is 8.55. The first-order chi connectivity index (χ1) is 9.79. The van der Waals surface area contributed by atoms with Crippen molar-refractivity contribution >= 4 is 0 Å². The first-order valence-electron chi connectivity index (χ1n) is 8.55. The third-order valence-electron chi connectivity index (χ3n) is 5.58. The Kier molecular flexibility index (Phi) is 4.45. The van der Waals surface area contributed by atoms with Crippen LogP contribution in [0.1, 0.15) is 51.0 Å². The predicted molar refractivity (Wildman–Crippen MR) is 85.8 cm³/mol. The SMILES string of the molecule is CCNCC1CCC(C)CC1C1CC1c1ccccc1. The Hall–Kier alpha value is -0.820. The fourth-order valence-electron chi connectivity index (χ4n) is 4.37. The number of hydrogen-bond donors (Lipinski definition) is 1.